The normalized spacial score (nSPS) is 13.9. The fraction of sp³-hybridized carbons (Fsp3) is 0.200. The van der Waals surface area contributed by atoms with Crippen LogP contribution >= 0.6 is 0 Å². The summed E-state index contributed by atoms with van der Waals surface area (Å²) in [7, 11) is -7.38. The summed E-state index contributed by atoms with van der Waals surface area (Å²) in [6.07, 6.45) is 1.66. The van der Waals surface area contributed by atoms with Crippen LogP contribution in [0.4, 0.5) is 11.4 Å². The Morgan fingerprint density at radius 1 is 0.958 bits per heavy atom. The van der Waals surface area contributed by atoms with E-state index in [1.54, 1.807) is 24.3 Å². The summed E-state index contributed by atoms with van der Waals surface area (Å²) in [6.45, 7) is 0.535. The van der Waals surface area contributed by atoms with Gasteiger partial charge in [-0.1, -0.05) is 12.1 Å². The molecule has 0 aliphatic carbocycles. The van der Waals surface area contributed by atoms with E-state index < -0.39 is 20.0 Å². The monoisotopic (exact) mass is 368 g/mol. The molecule has 0 unspecified atom stereocenters. The van der Waals surface area contributed by atoms with E-state index in [1.165, 1.54) is 18.2 Å². The molecule has 0 saturated heterocycles. The van der Waals surface area contributed by atoms with Gasteiger partial charge in [-0.3, -0.25) is 9.44 Å². The third-order valence-electron chi connectivity index (χ3n) is 3.44. The van der Waals surface area contributed by atoms with E-state index in [4.69, 9.17) is 4.74 Å². The first-order chi connectivity index (χ1) is 11.2. The van der Waals surface area contributed by atoms with Gasteiger partial charge >= 0.3 is 0 Å². The second-order valence-corrected chi connectivity index (χ2v) is 8.82. The Morgan fingerprint density at radius 2 is 1.62 bits per heavy atom. The van der Waals surface area contributed by atoms with E-state index >= 15 is 0 Å². The first-order valence-corrected chi connectivity index (χ1v) is 10.5. The van der Waals surface area contributed by atoms with Crippen LogP contribution in [0.15, 0.2) is 47.4 Å². The molecule has 1 aliphatic rings. The molecule has 3 rings (SSSR count). The Labute approximate surface area is 140 Å². The molecule has 0 bridgehead atoms. The third kappa shape index (κ3) is 3.62. The first-order valence-electron chi connectivity index (χ1n) is 7.10. The van der Waals surface area contributed by atoms with Crippen molar-refractivity contribution in [3.8, 4) is 5.75 Å². The molecule has 0 saturated carbocycles. The molecule has 1 aliphatic heterocycles. The highest BCUT2D eigenvalue weighted by atomic mass is 32.2. The summed E-state index contributed by atoms with van der Waals surface area (Å²) < 4.78 is 58.1. The summed E-state index contributed by atoms with van der Waals surface area (Å²) >= 11 is 0. The largest absolute Gasteiger partial charge is 0.493 e. The van der Waals surface area contributed by atoms with Gasteiger partial charge in [-0.2, -0.15) is 0 Å². The Balaban J connectivity index is 1.93. The van der Waals surface area contributed by atoms with Crippen LogP contribution < -0.4 is 14.2 Å². The van der Waals surface area contributed by atoms with Crippen molar-refractivity contribution in [1.82, 2.24) is 0 Å². The average molecular weight is 368 g/mol. The third-order valence-corrected chi connectivity index (χ3v) is 5.39. The lowest BCUT2D eigenvalue weighted by Crippen LogP contribution is -2.16. The summed E-state index contributed by atoms with van der Waals surface area (Å²) in [4.78, 5) is 0.0981. The highest BCUT2D eigenvalue weighted by Gasteiger charge is 2.20. The Morgan fingerprint density at radius 3 is 2.29 bits per heavy atom. The van der Waals surface area contributed by atoms with Crippen molar-refractivity contribution in [1.29, 1.82) is 0 Å². The standard InChI is InChI=1S/C15H16N2O5S2/c1-23(18,19)16-13-4-2-3-5-14(13)17-24(20,21)12-6-7-15-11(10-12)8-9-22-15/h2-7,10,16-17H,8-9H2,1H3. The zero-order valence-corrected chi connectivity index (χ0v) is 14.4. The van der Waals surface area contributed by atoms with E-state index in [-0.39, 0.29) is 16.3 Å². The van der Waals surface area contributed by atoms with Crippen molar-refractivity contribution in [3.05, 3.63) is 48.0 Å². The number of sulfonamides is 2. The van der Waals surface area contributed by atoms with E-state index in [1.807, 2.05) is 0 Å². The van der Waals surface area contributed by atoms with Gasteiger partial charge in [-0.25, -0.2) is 16.8 Å². The number of hydrogen-bond acceptors (Lipinski definition) is 5. The van der Waals surface area contributed by atoms with Gasteiger partial charge in [0.25, 0.3) is 10.0 Å². The SMILES string of the molecule is CS(=O)(=O)Nc1ccccc1NS(=O)(=O)c1ccc2c(c1)CCO2. The zero-order chi connectivity index (χ0) is 17.4. The molecule has 0 radical (unpaired) electrons. The smallest absolute Gasteiger partial charge is 0.261 e. The average Bonchev–Trinajstić information content (AvgIpc) is 2.95. The molecule has 9 heteroatoms. The van der Waals surface area contributed by atoms with Gasteiger partial charge in [0.05, 0.1) is 29.1 Å². The maximum Gasteiger partial charge on any atom is 0.261 e. The van der Waals surface area contributed by atoms with Gasteiger partial charge in [0.2, 0.25) is 10.0 Å². The molecule has 24 heavy (non-hydrogen) atoms. The summed E-state index contributed by atoms with van der Waals surface area (Å²) in [5, 5.41) is 0. The maximum absolute atomic E-state index is 12.6. The molecule has 128 valence electrons. The number of nitrogens with one attached hydrogen (secondary N) is 2. The summed E-state index contributed by atoms with van der Waals surface area (Å²) in [5.74, 6) is 0.688. The van der Waals surface area contributed by atoms with Crippen molar-refractivity contribution in [2.24, 2.45) is 0 Å². The molecule has 0 aromatic heterocycles. The highest BCUT2D eigenvalue weighted by Crippen LogP contribution is 2.30. The first kappa shape index (κ1) is 16.6. The number of hydrogen-bond donors (Lipinski definition) is 2. The van der Waals surface area contributed by atoms with Gasteiger partial charge in [-0.15, -0.1) is 0 Å². The molecule has 0 amide bonds. The van der Waals surface area contributed by atoms with Crippen molar-refractivity contribution in [2.75, 3.05) is 22.3 Å². The molecule has 2 N–H and O–H groups in total. The van der Waals surface area contributed by atoms with Crippen molar-refractivity contribution in [2.45, 2.75) is 11.3 Å². The molecule has 2 aromatic carbocycles. The molecule has 1 heterocycles. The summed E-state index contributed by atoms with van der Waals surface area (Å²) in [6, 6.07) is 10.8. The summed E-state index contributed by atoms with van der Waals surface area (Å²) in [5.41, 5.74) is 1.15. The lowest BCUT2D eigenvalue weighted by Gasteiger charge is -2.13. The number of rotatable bonds is 5. The Hall–Kier alpha value is -2.26. The minimum Gasteiger partial charge on any atom is -0.493 e. The van der Waals surface area contributed by atoms with Crippen LogP contribution in [0.2, 0.25) is 0 Å². The van der Waals surface area contributed by atoms with Gasteiger partial charge in [0.15, 0.2) is 0 Å². The van der Waals surface area contributed by atoms with Gasteiger partial charge < -0.3 is 4.74 Å². The van der Waals surface area contributed by atoms with Gasteiger partial charge in [0.1, 0.15) is 5.75 Å². The van der Waals surface area contributed by atoms with Crippen LogP contribution in [0.3, 0.4) is 0 Å². The molecule has 0 atom stereocenters. The molecule has 2 aromatic rings. The van der Waals surface area contributed by atoms with Crippen molar-refractivity contribution in [3.63, 3.8) is 0 Å². The number of para-hydroxylation sites is 2. The lowest BCUT2D eigenvalue weighted by molar-refractivity contribution is 0.356. The van der Waals surface area contributed by atoms with E-state index in [2.05, 4.69) is 9.44 Å². The Kier molecular flexibility index (Phi) is 4.14. The van der Waals surface area contributed by atoms with Crippen molar-refractivity contribution >= 4 is 31.4 Å². The molecular formula is C15H16N2O5S2. The molecular weight excluding hydrogens is 352 g/mol. The minimum atomic E-state index is -3.85. The molecule has 7 nitrogen and oxygen atoms in total. The maximum atomic E-state index is 12.6. The van der Waals surface area contributed by atoms with Crippen LogP contribution in [0, 0.1) is 0 Å². The quantitative estimate of drug-likeness (QED) is 0.838. The topological polar surface area (TPSA) is 102 Å². The number of anilines is 2. The second-order valence-electron chi connectivity index (χ2n) is 5.39. The van der Waals surface area contributed by atoms with E-state index in [0.29, 0.717) is 18.8 Å². The van der Waals surface area contributed by atoms with Crippen LogP contribution in [-0.2, 0) is 26.5 Å². The van der Waals surface area contributed by atoms with Gasteiger partial charge in [0, 0.05) is 6.42 Å². The highest BCUT2D eigenvalue weighted by molar-refractivity contribution is 7.93. The van der Waals surface area contributed by atoms with Crippen LogP contribution in [0.1, 0.15) is 5.56 Å². The van der Waals surface area contributed by atoms with Crippen LogP contribution in [0.25, 0.3) is 0 Å². The number of benzene rings is 2. The van der Waals surface area contributed by atoms with Crippen molar-refractivity contribution < 1.29 is 21.6 Å². The molecule has 0 spiro atoms. The molecule has 0 fully saturated rings. The fourth-order valence-electron chi connectivity index (χ4n) is 2.39. The van der Waals surface area contributed by atoms with Crippen LogP contribution in [-0.4, -0.2) is 29.7 Å². The zero-order valence-electron chi connectivity index (χ0n) is 12.8. The lowest BCUT2D eigenvalue weighted by atomic mass is 10.2. The predicted octanol–water partition coefficient (Wildman–Crippen LogP) is 1.79. The minimum absolute atomic E-state index is 0.0981. The number of ether oxygens (including phenoxy) is 1. The second kappa shape index (κ2) is 5.99. The predicted molar refractivity (Wildman–Crippen MR) is 91.4 cm³/mol. The van der Waals surface area contributed by atoms with Gasteiger partial charge in [-0.05, 0) is 35.9 Å². The number of fused-ring (bicyclic) bond motifs is 1. The fourth-order valence-corrected chi connectivity index (χ4v) is 4.10. The van der Waals surface area contributed by atoms with Crippen LogP contribution in [0.5, 0.6) is 5.75 Å². The van der Waals surface area contributed by atoms with E-state index in [9.17, 15) is 16.8 Å². The Bertz CT molecular complexity index is 985. The van der Waals surface area contributed by atoms with E-state index in [0.717, 1.165) is 11.8 Å².